The van der Waals surface area contributed by atoms with Crippen molar-refractivity contribution in [1.29, 1.82) is 0 Å². The monoisotopic (exact) mass is 286 g/mol. The zero-order chi connectivity index (χ0) is 10.1. The third-order valence-electron chi connectivity index (χ3n) is 1.93. The second-order valence-corrected chi connectivity index (χ2v) is 5.41. The van der Waals surface area contributed by atoms with Crippen LogP contribution in [-0.4, -0.2) is 5.78 Å². The summed E-state index contributed by atoms with van der Waals surface area (Å²) in [6, 6.07) is 1.97. The van der Waals surface area contributed by atoms with Crippen molar-refractivity contribution in [3.63, 3.8) is 0 Å². The number of thiophene rings is 2. The summed E-state index contributed by atoms with van der Waals surface area (Å²) in [5.74, 6) is 0.116. The highest BCUT2D eigenvalue weighted by atomic mass is 79.9. The number of rotatable bonds is 2. The largest absolute Gasteiger partial charge is 0.288 e. The summed E-state index contributed by atoms with van der Waals surface area (Å²) in [6.45, 7) is 1.96. The Kier molecular flexibility index (Phi) is 2.85. The fraction of sp³-hybridized carbons (Fsp3) is 0.100. The van der Waals surface area contributed by atoms with Crippen molar-refractivity contribution >= 4 is 44.4 Å². The molecule has 0 fully saturated rings. The Morgan fingerprint density at radius 3 is 2.71 bits per heavy atom. The molecule has 2 aromatic heterocycles. The van der Waals surface area contributed by atoms with Crippen LogP contribution in [0.4, 0.5) is 0 Å². The van der Waals surface area contributed by atoms with Crippen molar-refractivity contribution in [3.8, 4) is 0 Å². The summed E-state index contributed by atoms with van der Waals surface area (Å²) in [7, 11) is 0. The molecule has 0 saturated carbocycles. The van der Waals surface area contributed by atoms with Gasteiger partial charge >= 0.3 is 0 Å². The van der Waals surface area contributed by atoms with Gasteiger partial charge in [-0.15, -0.1) is 11.3 Å². The number of hydrogen-bond acceptors (Lipinski definition) is 3. The number of carbonyl (C=O) groups excluding carboxylic acids is 1. The Morgan fingerprint density at radius 1 is 1.43 bits per heavy atom. The van der Waals surface area contributed by atoms with Gasteiger partial charge in [0.25, 0.3) is 0 Å². The zero-order valence-corrected chi connectivity index (χ0v) is 10.6. The van der Waals surface area contributed by atoms with Crippen LogP contribution in [0.5, 0.6) is 0 Å². The second kappa shape index (κ2) is 3.96. The van der Waals surface area contributed by atoms with E-state index in [4.69, 9.17) is 0 Å². The van der Waals surface area contributed by atoms with E-state index in [-0.39, 0.29) is 5.78 Å². The quantitative estimate of drug-likeness (QED) is 0.760. The minimum atomic E-state index is 0.116. The molecular formula is C10H7BrOS2. The van der Waals surface area contributed by atoms with Crippen LogP contribution in [0, 0.1) is 6.92 Å². The first kappa shape index (κ1) is 10.1. The normalized spacial score (nSPS) is 10.4. The van der Waals surface area contributed by atoms with E-state index in [1.54, 1.807) is 0 Å². The van der Waals surface area contributed by atoms with E-state index in [0.29, 0.717) is 0 Å². The third-order valence-corrected chi connectivity index (χ3v) is 4.65. The lowest BCUT2D eigenvalue weighted by Gasteiger charge is -1.97. The average Bonchev–Trinajstić information content (AvgIpc) is 2.73. The molecule has 4 heteroatoms. The maximum atomic E-state index is 12.0. The van der Waals surface area contributed by atoms with Crippen molar-refractivity contribution in [1.82, 2.24) is 0 Å². The van der Waals surface area contributed by atoms with E-state index in [0.717, 1.165) is 20.5 Å². The molecule has 1 nitrogen and oxygen atoms in total. The van der Waals surface area contributed by atoms with E-state index >= 15 is 0 Å². The molecule has 0 aliphatic carbocycles. The summed E-state index contributed by atoms with van der Waals surface area (Å²) in [4.78, 5) is 12.8. The van der Waals surface area contributed by atoms with Gasteiger partial charge in [0.05, 0.1) is 4.88 Å². The maximum absolute atomic E-state index is 12.0. The maximum Gasteiger partial charge on any atom is 0.205 e. The predicted octanol–water partition coefficient (Wildman–Crippen LogP) is 4.11. The molecule has 2 aromatic rings. The number of aryl methyl sites for hydroxylation is 1. The van der Waals surface area contributed by atoms with Crippen molar-refractivity contribution in [2.24, 2.45) is 0 Å². The van der Waals surface area contributed by atoms with Gasteiger partial charge in [-0.25, -0.2) is 0 Å². The molecule has 0 unspecified atom stereocenters. The Bertz CT molecular complexity index is 428. The second-order valence-electron chi connectivity index (χ2n) is 2.90. The lowest BCUT2D eigenvalue weighted by Crippen LogP contribution is -1.98. The van der Waals surface area contributed by atoms with Crippen molar-refractivity contribution in [2.45, 2.75) is 6.92 Å². The molecular weight excluding hydrogens is 280 g/mol. The topological polar surface area (TPSA) is 17.1 Å². The molecule has 0 saturated heterocycles. The Hall–Kier alpha value is -0.450. The number of carbonyl (C=O) groups is 1. The van der Waals surface area contributed by atoms with Crippen LogP contribution in [0.2, 0.25) is 0 Å². The lowest BCUT2D eigenvalue weighted by atomic mass is 10.1. The van der Waals surface area contributed by atoms with Crippen LogP contribution in [-0.2, 0) is 0 Å². The highest BCUT2D eigenvalue weighted by molar-refractivity contribution is 9.10. The molecule has 0 aliphatic rings. The standard InChI is InChI=1S/C10H7BrOS2/c1-6-2-3-14-10(6)9(12)7-4-13-5-8(7)11/h2-5H,1H3. The lowest BCUT2D eigenvalue weighted by molar-refractivity contribution is 0.104. The van der Waals surface area contributed by atoms with E-state index in [1.807, 2.05) is 29.1 Å². The first-order valence-corrected chi connectivity index (χ1v) is 6.62. The number of halogens is 1. The highest BCUT2D eigenvalue weighted by Gasteiger charge is 2.16. The van der Waals surface area contributed by atoms with Crippen LogP contribution in [0.25, 0.3) is 0 Å². The average molecular weight is 287 g/mol. The molecule has 0 amide bonds. The Balaban J connectivity index is 2.44. The summed E-state index contributed by atoms with van der Waals surface area (Å²) in [5, 5.41) is 5.75. The SMILES string of the molecule is Cc1ccsc1C(=O)c1cscc1Br. The fourth-order valence-corrected chi connectivity index (χ4v) is 3.50. The molecule has 0 atom stereocenters. The van der Waals surface area contributed by atoms with Crippen LogP contribution in [0.15, 0.2) is 26.7 Å². The molecule has 2 rings (SSSR count). The van der Waals surface area contributed by atoms with Crippen molar-refractivity contribution in [2.75, 3.05) is 0 Å². The van der Waals surface area contributed by atoms with Crippen LogP contribution in [0.3, 0.4) is 0 Å². The fourth-order valence-electron chi connectivity index (χ4n) is 1.17. The summed E-state index contributed by atoms with van der Waals surface area (Å²) in [5.41, 5.74) is 1.82. The molecule has 0 N–H and O–H groups in total. The molecule has 2 heterocycles. The van der Waals surface area contributed by atoms with Gasteiger partial charge in [0.15, 0.2) is 0 Å². The van der Waals surface area contributed by atoms with Gasteiger partial charge in [-0.3, -0.25) is 4.79 Å². The van der Waals surface area contributed by atoms with Gasteiger partial charge in [0.2, 0.25) is 5.78 Å². The predicted molar refractivity (Wildman–Crippen MR) is 64.5 cm³/mol. The van der Waals surface area contributed by atoms with Crippen LogP contribution in [0.1, 0.15) is 20.8 Å². The minimum Gasteiger partial charge on any atom is -0.288 e. The third kappa shape index (κ3) is 1.69. The van der Waals surface area contributed by atoms with Gasteiger partial charge in [-0.2, -0.15) is 11.3 Å². The van der Waals surface area contributed by atoms with Crippen molar-refractivity contribution in [3.05, 3.63) is 42.7 Å². The van der Waals surface area contributed by atoms with Gasteiger partial charge in [-0.1, -0.05) is 0 Å². The van der Waals surface area contributed by atoms with Gasteiger partial charge in [-0.05, 0) is 39.9 Å². The Morgan fingerprint density at radius 2 is 2.21 bits per heavy atom. The first-order valence-electron chi connectivity index (χ1n) is 4.00. The molecule has 0 aromatic carbocycles. The van der Waals surface area contributed by atoms with Gasteiger partial charge < -0.3 is 0 Å². The van der Waals surface area contributed by atoms with E-state index < -0.39 is 0 Å². The smallest absolute Gasteiger partial charge is 0.205 e. The molecule has 14 heavy (non-hydrogen) atoms. The molecule has 0 bridgehead atoms. The number of hydrogen-bond donors (Lipinski definition) is 0. The van der Waals surface area contributed by atoms with Crippen LogP contribution >= 0.6 is 38.6 Å². The Labute approximate surface area is 98.5 Å². The summed E-state index contributed by atoms with van der Waals surface area (Å²) >= 11 is 6.40. The molecule has 0 aliphatic heterocycles. The molecule has 0 spiro atoms. The molecule has 0 radical (unpaired) electrons. The zero-order valence-electron chi connectivity index (χ0n) is 7.41. The van der Waals surface area contributed by atoms with Gasteiger partial charge in [0.1, 0.15) is 0 Å². The molecule has 72 valence electrons. The minimum absolute atomic E-state index is 0.116. The van der Waals surface area contributed by atoms with Crippen molar-refractivity contribution < 1.29 is 4.79 Å². The summed E-state index contributed by atoms with van der Waals surface area (Å²) in [6.07, 6.45) is 0. The van der Waals surface area contributed by atoms with Gasteiger partial charge in [0, 0.05) is 20.8 Å². The van der Waals surface area contributed by atoms with E-state index in [2.05, 4.69) is 15.9 Å². The van der Waals surface area contributed by atoms with E-state index in [9.17, 15) is 4.79 Å². The van der Waals surface area contributed by atoms with E-state index in [1.165, 1.54) is 22.7 Å². The number of ketones is 1. The highest BCUT2D eigenvalue weighted by Crippen LogP contribution is 2.27. The van der Waals surface area contributed by atoms with Crippen LogP contribution < -0.4 is 0 Å². The summed E-state index contributed by atoms with van der Waals surface area (Å²) < 4.78 is 0.889. The first-order chi connectivity index (χ1) is 6.70.